The number of nitrogens with zero attached hydrogens (tertiary/aromatic N) is 2. The van der Waals surface area contributed by atoms with Crippen molar-refractivity contribution >= 4 is 16.7 Å². The van der Waals surface area contributed by atoms with E-state index in [0.717, 1.165) is 27.9 Å². The third-order valence-corrected chi connectivity index (χ3v) is 3.23. The second kappa shape index (κ2) is 5.30. The van der Waals surface area contributed by atoms with Gasteiger partial charge in [-0.2, -0.15) is 0 Å². The van der Waals surface area contributed by atoms with Gasteiger partial charge in [0.25, 0.3) is 0 Å². The minimum atomic E-state index is 0.0744. The van der Waals surface area contributed by atoms with Crippen LogP contribution in [0.4, 0.5) is 5.82 Å². The Morgan fingerprint density at radius 3 is 2.75 bits per heavy atom. The van der Waals surface area contributed by atoms with Gasteiger partial charge in [0.15, 0.2) is 0 Å². The van der Waals surface area contributed by atoms with Gasteiger partial charge in [-0.3, -0.25) is 0 Å². The van der Waals surface area contributed by atoms with Crippen molar-refractivity contribution in [2.24, 2.45) is 0 Å². The Labute approximate surface area is 116 Å². The predicted octanol–water partition coefficient (Wildman–Crippen LogP) is 2.34. The minimum absolute atomic E-state index is 0.0744. The van der Waals surface area contributed by atoms with Crippen LogP contribution < -0.4 is 5.32 Å². The maximum absolute atomic E-state index is 8.77. The lowest BCUT2D eigenvalue weighted by Crippen LogP contribution is -2.07. The van der Waals surface area contributed by atoms with E-state index >= 15 is 0 Å². The molecule has 2 heterocycles. The van der Waals surface area contributed by atoms with E-state index in [-0.39, 0.29) is 6.61 Å². The first-order valence-corrected chi connectivity index (χ1v) is 6.56. The summed E-state index contributed by atoms with van der Waals surface area (Å²) in [5, 5.41) is 21.3. The lowest BCUT2D eigenvalue weighted by atomic mass is 10.1. The molecule has 0 saturated heterocycles. The first-order chi connectivity index (χ1) is 9.79. The summed E-state index contributed by atoms with van der Waals surface area (Å²) in [7, 11) is 0. The number of H-pyrrole nitrogens is 1. The Kier molecular flexibility index (Phi) is 3.35. The number of rotatable bonds is 4. The molecule has 0 unspecified atom stereocenters. The van der Waals surface area contributed by atoms with Crippen LogP contribution in [0.1, 0.15) is 5.69 Å². The van der Waals surface area contributed by atoms with E-state index in [2.05, 4.69) is 32.6 Å². The number of nitrogens with one attached hydrogen (secondary N) is 2. The first-order valence-electron chi connectivity index (χ1n) is 6.56. The molecular formula is C15H16N4O. The maximum Gasteiger partial charge on any atom is 0.148 e. The molecule has 1 aromatic carbocycles. The molecule has 0 atom stereocenters. The topological polar surface area (TPSA) is 73.8 Å². The Bertz CT molecular complexity index is 718. The number of benzene rings is 1. The minimum Gasteiger partial charge on any atom is -0.395 e. The molecular weight excluding hydrogens is 252 g/mol. The number of aromatic nitrogens is 3. The molecule has 0 aliphatic rings. The Hall–Kier alpha value is -2.40. The fraction of sp³-hybridized carbons (Fsp3) is 0.200. The Morgan fingerprint density at radius 1 is 1.15 bits per heavy atom. The van der Waals surface area contributed by atoms with Crippen LogP contribution in [0.25, 0.3) is 22.2 Å². The van der Waals surface area contributed by atoms with Crippen molar-refractivity contribution < 1.29 is 5.11 Å². The third kappa shape index (κ3) is 2.23. The van der Waals surface area contributed by atoms with E-state index < -0.39 is 0 Å². The summed E-state index contributed by atoms with van der Waals surface area (Å²) in [4.78, 5) is 3.36. The van der Waals surface area contributed by atoms with Gasteiger partial charge in [0.1, 0.15) is 5.82 Å². The molecule has 0 amide bonds. The van der Waals surface area contributed by atoms with E-state index in [1.807, 2.05) is 31.2 Å². The normalized spacial score (nSPS) is 10.9. The van der Waals surface area contributed by atoms with Gasteiger partial charge in [-0.25, -0.2) is 0 Å². The summed E-state index contributed by atoms with van der Waals surface area (Å²) in [6, 6.07) is 12.0. The Morgan fingerprint density at radius 2 is 2.00 bits per heavy atom. The van der Waals surface area contributed by atoms with Crippen LogP contribution in [0.3, 0.4) is 0 Å². The molecule has 0 radical (unpaired) electrons. The lowest BCUT2D eigenvalue weighted by Gasteiger charge is -2.04. The molecule has 0 fully saturated rings. The zero-order chi connectivity index (χ0) is 13.9. The highest BCUT2D eigenvalue weighted by Crippen LogP contribution is 2.30. The Balaban J connectivity index is 2.00. The maximum atomic E-state index is 8.77. The largest absolute Gasteiger partial charge is 0.395 e. The summed E-state index contributed by atoms with van der Waals surface area (Å²) in [6.45, 7) is 2.58. The monoisotopic (exact) mass is 268 g/mol. The molecule has 3 rings (SSSR count). The summed E-state index contributed by atoms with van der Waals surface area (Å²) in [5.74, 6) is 0.667. The number of anilines is 1. The summed E-state index contributed by atoms with van der Waals surface area (Å²) in [6.07, 6.45) is 0. The van der Waals surface area contributed by atoms with Gasteiger partial charge in [0.2, 0.25) is 0 Å². The molecule has 3 aromatic rings. The van der Waals surface area contributed by atoms with Crippen molar-refractivity contribution in [3.63, 3.8) is 0 Å². The van der Waals surface area contributed by atoms with Crippen molar-refractivity contribution in [2.75, 3.05) is 18.5 Å². The number of aryl methyl sites for hydroxylation is 1. The summed E-state index contributed by atoms with van der Waals surface area (Å²) < 4.78 is 0. The fourth-order valence-electron chi connectivity index (χ4n) is 2.35. The standard InChI is InChI=1S/C15H16N4O/c1-10-15(11-4-2-3-5-12(11)17-10)13-6-7-14(19-18-13)16-8-9-20/h2-7,17,20H,8-9H2,1H3,(H,16,19). The quantitative estimate of drug-likeness (QED) is 0.679. The number of hydrogen-bond acceptors (Lipinski definition) is 4. The number of aliphatic hydroxyl groups excluding tert-OH is 1. The number of para-hydroxylation sites is 1. The fourth-order valence-corrected chi connectivity index (χ4v) is 2.35. The average molecular weight is 268 g/mol. The highest BCUT2D eigenvalue weighted by Gasteiger charge is 2.11. The summed E-state index contributed by atoms with van der Waals surface area (Å²) in [5.41, 5.74) is 4.11. The van der Waals surface area contributed by atoms with Crippen molar-refractivity contribution in [3.8, 4) is 11.3 Å². The van der Waals surface area contributed by atoms with Crippen LogP contribution in [0.15, 0.2) is 36.4 Å². The molecule has 5 heteroatoms. The van der Waals surface area contributed by atoms with E-state index in [0.29, 0.717) is 12.4 Å². The number of fused-ring (bicyclic) bond motifs is 1. The van der Waals surface area contributed by atoms with Crippen LogP contribution in [-0.2, 0) is 0 Å². The smallest absolute Gasteiger partial charge is 0.148 e. The number of aliphatic hydroxyl groups is 1. The second-order valence-electron chi connectivity index (χ2n) is 4.62. The number of aromatic amines is 1. The van der Waals surface area contributed by atoms with Crippen LogP contribution in [0, 0.1) is 6.92 Å². The molecule has 0 aliphatic heterocycles. The first kappa shape index (κ1) is 12.6. The van der Waals surface area contributed by atoms with Crippen molar-refractivity contribution in [2.45, 2.75) is 6.92 Å². The van der Waals surface area contributed by atoms with Gasteiger partial charge in [0, 0.05) is 28.7 Å². The van der Waals surface area contributed by atoms with Gasteiger partial charge in [-0.15, -0.1) is 10.2 Å². The van der Waals surface area contributed by atoms with E-state index in [1.165, 1.54) is 0 Å². The third-order valence-electron chi connectivity index (χ3n) is 3.23. The SMILES string of the molecule is Cc1[nH]c2ccccc2c1-c1ccc(NCCO)nn1. The van der Waals surface area contributed by atoms with Gasteiger partial charge < -0.3 is 15.4 Å². The molecule has 3 N–H and O–H groups in total. The van der Waals surface area contributed by atoms with Gasteiger partial charge in [-0.05, 0) is 25.1 Å². The van der Waals surface area contributed by atoms with Crippen LogP contribution >= 0.6 is 0 Å². The molecule has 0 bridgehead atoms. The van der Waals surface area contributed by atoms with Crippen LogP contribution in [-0.4, -0.2) is 33.4 Å². The van der Waals surface area contributed by atoms with E-state index in [9.17, 15) is 0 Å². The number of hydrogen-bond donors (Lipinski definition) is 3. The molecule has 0 spiro atoms. The predicted molar refractivity (Wildman–Crippen MR) is 79.6 cm³/mol. The molecule has 5 nitrogen and oxygen atoms in total. The molecule has 102 valence electrons. The van der Waals surface area contributed by atoms with Crippen LogP contribution in [0.2, 0.25) is 0 Å². The second-order valence-corrected chi connectivity index (χ2v) is 4.62. The van der Waals surface area contributed by atoms with Crippen LogP contribution in [0.5, 0.6) is 0 Å². The molecule has 20 heavy (non-hydrogen) atoms. The summed E-state index contributed by atoms with van der Waals surface area (Å²) >= 11 is 0. The lowest BCUT2D eigenvalue weighted by molar-refractivity contribution is 0.311. The van der Waals surface area contributed by atoms with Gasteiger partial charge in [-0.1, -0.05) is 18.2 Å². The van der Waals surface area contributed by atoms with Gasteiger partial charge >= 0.3 is 0 Å². The van der Waals surface area contributed by atoms with Crippen molar-refractivity contribution in [1.29, 1.82) is 0 Å². The van der Waals surface area contributed by atoms with Crippen molar-refractivity contribution in [3.05, 3.63) is 42.1 Å². The van der Waals surface area contributed by atoms with E-state index in [4.69, 9.17) is 5.11 Å². The highest BCUT2D eigenvalue weighted by molar-refractivity contribution is 5.96. The zero-order valence-corrected chi connectivity index (χ0v) is 11.2. The molecule has 0 aliphatic carbocycles. The average Bonchev–Trinajstić information content (AvgIpc) is 2.81. The van der Waals surface area contributed by atoms with Gasteiger partial charge in [0.05, 0.1) is 12.3 Å². The molecule has 0 saturated carbocycles. The zero-order valence-electron chi connectivity index (χ0n) is 11.2. The molecule has 2 aromatic heterocycles. The van der Waals surface area contributed by atoms with Crippen molar-refractivity contribution in [1.82, 2.24) is 15.2 Å². The van der Waals surface area contributed by atoms with E-state index in [1.54, 1.807) is 0 Å². The highest BCUT2D eigenvalue weighted by atomic mass is 16.3.